The number of nitrogens with zero attached hydrogens (tertiary/aromatic N) is 1. The predicted octanol–water partition coefficient (Wildman–Crippen LogP) is 2.37. The first-order chi connectivity index (χ1) is 8.06. The van der Waals surface area contributed by atoms with Crippen LogP contribution in [-0.4, -0.2) is 51.3 Å². The molecule has 1 unspecified atom stereocenters. The van der Waals surface area contributed by atoms with Gasteiger partial charge in [0.15, 0.2) is 0 Å². The van der Waals surface area contributed by atoms with Gasteiger partial charge in [0, 0.05) is 13.2 Å². The van der Waals surface area contributed by atoms with Crippen LogP contribution in [0.25, 0.3) is 0 Å². The van der Waals surface area contributed by atoms with Gasteiger partial charge in [0.05, 0.1) is 6.10 Å². The van der Waals surface area contributed by atoms with Crippen molar-refractivity contribution in [2.45, 2.75) is 46.1 Å². The van der Waals surface area contributed by atoms with E-state index in [9.17, 15) is 0 Å². The van der Waals surface area contributed by atoms with Crippen LogP contribution in [0.5, 0.6) is 0 Å². The topological polar surface area (TPSA) is 24.5 Å². The van der Waals surface area contributed by atoms with Gasteiger partial charge in [0.25, 0.3) is 0 Å². The summed E-state index contributed by atoms with van der Waals surface area (Å²) in [5.74, 6) is 0.714. The number of hydrogen-bond donors (Lipinski definition) is 1. The second-order valence-electron chi connectivity index (χ2n) is 5.49. The second-order valence-corrected chi connectivity index (χ2v) is 5.49. The van der Waals surface area contributed by atoms with Gasteiger partial charge in [0.1, 0.15) is 0 Å². The van der Waals surface area contributed by atoms with E-state index < -0.39 is 0 Å². The molecule has 0 saturated heterocycles. The van der Waals surface area contributed by atoms with Gasteiger partial charge < -0.3 is 15.0 Å². The highest BCUT2D eigenvalue weighted by molar-refractivity contribution is 4.62. The van der Waals surface area contributed by atoms with E-state index in [1.807, 2.05) is 0 Å². The SMILES string of the molecule is CCCC(CNCC(C)C)OCCCN(C)C. The molecule has 0 aromatic heterocycles. The lowest BCUT2D eigenvalue weighted by atomic mass is 10.2. The largest absolute Gasteiger partial charge is 0.377 e. The number of hydrogen-bond acceptors (Lipinski definition) is 3. The van der Waals surface area contributed by atoms with Crippen LogP contribution in [0.3, 0.4) is 0 Å². The molecule has 1 atom stereocenters. The first-order valence-corrected chi connectivity index (χ1v) is 7.03. The van der Waals surface area contributed by atoms with Crippen LogP contribution in [0.15, 0.2) is 0 Å². The van der Waals surface area contributed by atoms with Gasteiger partial charge in [0.2, 0.25) is 0 Å². The molecule has 0 aromatic carbocycles. The van der Waals surface area contributed by atoms with E-state index in [0.29, 0.717) is 12.0 Å². The molecule has 104 valence electrons. The molecule has 1 N–H and O–H groups in total. The molecular formula is C14H32N2O. The first-order valence-electron chi connectivity index (χ1n) is 7.03. The maximum atomic E-state index is 5.93. The summed E-state index contributed by atoms with van der Waals surface area (Å²) in [7, 11) is 4.21. The Morgan fingerprint density at radius 3 is 2.41 bits per heavy atom. The van der Waals surface area contributed by atoms with E-state index in [-0.39, 0.29) is 0 Å². The smallest absolute Gasteiger partial charge is 0.0699 e. The summed E-state index contributed by atoms with van der Waals surface area (Å²) in [4.78, 5) is 2.20. The summed E-state index contributed by atoms with van der Waals surface area (Å²) >= 11 is 0. The maximum absolute atomic E-state index is 5.93. The van der Waals surface area contributed by atoms with Crippen LogP contribution in [0.4, 0.5) is 0 Å². The highest BCUT2D eigenvalue weighted by Crippen LogP contribution is 2.02. The van der Waals surface area contributed by atoms with Gasteiger partial charge in [-0.1, -0.05) is 27.2 Å². The average molecular weight is 244 g/mol. The molecule has 0 aliphatic carbocycles. The summed E-state index contributed by atoms with van der Waals surface area (Å²) in [6.45, 7) is 10.8. The number of rotatable bonds is 11. The zero-order chi connectivity index (χ0) is 13.1. The summed E-state index contributed by atoms with van der Waals surface area (Å²) in [5, 5.41) is 3.48. The van der Waals surface area contributed by atoms with Crippen molar-refractivity contribution in [2.24, 2.45) is 5.92 Å². The minimum absolute atomic E-state index is 0.390. The van der Waals surface area contributed by atoms with Gasteiger partial charge in [-0.05, 0) is 45.9 Å². The van der Waals surface area contributed by atoms with Crippen molar-refractivity contribution in [3.05, 3.63) is 0 Å². The van der Waals surface area contributed by atoms with Crippen LogP contribution in [0.1, 0.15) is 40.0 Å². The molecule has 0 aliphatic rings. The van der Waals surface area contributed by atoms with Crippen molar-refractivity contribution in [1.82, 2.24) is 10.2 Å². The Labute approximate surface area is 108 Å². The van der Waals surface area contributed by atoms with Crippen LogP contribution in [-0.2, 0) is 4.74 Å². The Hall–Kier alpha value is -0.120. The van der Waals surface area contributed by atoms with E-state index >= 15 is 0 Å². The van der Waals surface area contributed by atoms with Gasteiger partial charge in [-0.3, -0.25) is 0 Å². The minimum Gasteiger partial charge on any atom is -0.377 e. The van der Waals surface area contributed by atoms with Crippen molar-refractivity contribution < 1.29 is 4.74 Å². The summed E-state index contributed by atoms with van der Waals surface area (Å²) in [6, 6.07) is 0. The van der Waals surface area contributed by atoms with Crippen molar-refractivity contribution in [1.29, 1.82) is 0 Å². The van der Waals surface area contributed by atoms with Crippen LogP contribution < -0.4 is 5.32 Å². The second kappa shape index (κ2) is 11.0. The molecular weight excluding hydrogens is 212 g/mol. The molecule has 0 bridgehead atoms. The Kier molecular flexibility index (Phi) is 10.9. The Balaban J connectivity index is 3.59. The van der Waals surface area contributed by atoms with Crippen molar-refractivity contribution in [3.63, 3.8) is 0 Å². The fourth-order valence-electron chi connectivity index (χ4n) is 1.73. The predicted molar refractivity (Wildman–Crippen MR) is 75.5 cm³/mol. The van der Waals surface area contributed by atoms with Crippen molar-refractivity contribution >= 4 is 0 Å². The highest BCUT2D eigenvalue weighted by Gasteiger charge is 2.07. The zero-order valence-corrected chi connectivity index (χ0v) is 12.5. The van der Waals surface area contributed by atoms with Gasteiger partial charge in [-0.2, -0.15) is 0 Å². The number of nitrogens with one attached hydrogen (secondary N) is 1. The van der Waals surface area contributed by atoms with Gasteiger partial charge in [-0.15, -0.1) is 0 Å². The zero-order valence-electron chi connectivity index (χ0n) is 12.5. The van der Waals surface area contributed by atoms with Crippen LogP contribution in [0.2, 0.25) is 0 Å². The Morgan fingerprint density at radius 1 is 1.18 bits per heavy atom. The van der Waals surface area contributed by atoms with E-state index in [0.717, 1.165) is 39.1 Å². The van der Waals surface area contributed by atoms with Gasteiger partial charge >= 0.3 is 0 Å². The fourth-order valence-corrected chi connectivity index (χ4v) is 1.73. The third kappa shape index (κ3) is 12.1. The molecule has 0 rings (SSSR count). The van der Waals surface area contributed by atoms with E-state index in [1.165, 1.54) is 6.42 Å². The molecule has 0 fully saturated rings. The lowest BCUT2D eigenvalue weighted by molar-refractivity contribution is 0.0425. The van der Waals surface area contributed by atoms with E-state index in [2.05, 4.69) is 45.1 Å². The minimum atomic E-state index is 0.390. The third-order valence-electron chi connectivity index (χ3n) is 2.64. The van der Waals surface area contributed by atoms with Crippen LogP contribution in [0, 0.1) is 5.92 Å². The summed E-state index contributed by atoms with van der Waals surface area (Å²) < 4.78 is 5.93. The lowest BCUT2D eigenvalue weighted by Gasteiger charge is -2.19. The molecule has 0 amide bonds. The highest BCUT2D eigenvalue weighted by atomic mass is 16.5. The molecule has 0 radical (unpaired) electrons. The molecule has 0 heterocycles. The van der Waals surface area contributed by atoms with Gasteiger partial charge in [-0.25, -0.2) is 0 Å². The van der Waals surface area contributed by atoms with Crippen molar-refractivity contribution in [3.8, 4) is 0 Å². The molecule has 0 saturated carbocycles. The maximum Gasteiger partial charge on any atom is 0.0699 e. The Bertz CT molecular complexity index is 160. The molecule has 0 aliphatic heterocycles. The lowest BCUT2D eigenvalue weighted by Crippen LogP contribution is -2.32. The first kappa shape index (κ1) is 16.9. The molecule has 0 aromatic rings. The molecule has 3 heteroatoms. The number of ether oxygens (including phenoxy) is 1. The van der Waals surface area contributed by atoms with Crippen LogP contribution >= 0.6 is 0 Å². The monoisotopic (exact) mass is 244 g/mol. The summed E-state index contributed by atoms with van der Waals surface area (Å²) in [6.07, 6.45) is 3.87. The molecule has 17 heavy (non-hydrogen) atoms. The standard InChI is InChI=1S/C14H32N2O/c1-6-8-14(12-15-11-13(2)3)17-10-7-9-16(4)5/h13-15H,6-12H2,1-5H3. The van der Waals surface area contributed by atoms with E-state index in [4.69, 9.17) is 4.74 Å². The van der Waals surface area contributed by atoms with Crippen molar-refractivity contribution in [2.75, 3.05) is 40.3 Å². The van der Waals surface area contributed by atoms with E-state index in [1.54, 1.807) is 0 Å². The Morgan fingerprint density at radius 2 is 1.88 bits per heavy atom. The molecule has 0 spiro atoms. The average Bonchev–Trinajstić information content (AvgIpc) is 2.23. The summed E-state index contributed by atoms with van der Waals surface area (Å²) in [5.41, 5.74) is 0. The third-order valence-corrected chi connectivity index (χ3v) is 2.64. The quantitative estimate of drug-likeness (QED) is 0.565. The molecule has 3 nitrogen and oxygen atoms in total. The normalized spacial score (nSPS) is 13.6. The fraction of sp³-hybridized carbons (Fsp3) is 1.00.